The van der Waals surface area contributed by atoms with Crippen LogP contribution in [0.4, 0.5) is 0 Å². The third-order valence-corrected chi connectivity index (χ3v) is 6.80. The summed E-state index contributed by atoms with van der Waals surface area (Å²) in [5.74, 6) is 0. The van der Waals surface area contributed by atoms with Crippen LogP contribution in [-0.2, 0) is 0 Å². The number of nitrogens with zero attached hydrogens (tertiary/aromatic N) is 1. The lowest BCUT2D eigenvalue weighted by Gasteiger charge is -2.10. The highest BCUT2D eigenvalue weighted by Crippen LogP contribution is 2.15. The summed E-state index contributed by atoms with van der Waals surface area (Å²) in [6, 6.07) is 0. The molecule has 1 heterocycles. The maximum absolute atomic E-state index is 5.69. The van der Waals surface area contributed by atoms with Gasteiger partial charge in [-0.3, -0.25) is 0 Å². The molecule has 1 aliphatic rings. The number of nitrogens with two attached hydrogens (primary N) is 1. The number of unbranched alkanes of at least 4 members (excludes halogenated alkanes) is 19. The smallest absolute Gasteiger partial charge is 0.206 e. The van der Waals surface area contributed by atoms with Crippen LogP contribution in [-0.4, -0.2) is 36.6 Å². The Bertz CT molecular complexity index is 380. The van der Waals surface area contributed by atoms with E-state index in [1.54, 1.807) is 0 Å². The fourth-order valence-electron chi connectivity index (χ4n) is 4.81. The van der Waals surface area contributed by atoms with Crippen LogP contribution >= 0.6 is 0 Å². The third kappa shape index (κ3) is 16.3. The van der Waals surface area contributed by atoms with Gasteiger partial charge < -0.3 is 5.73 Å². The minimum absolute atomic E-state index is 0.545. The van der Waals surface area contributed by atoms with Crippen molar-refractivity contribution in [1.29, 1.82) is 0 Å². The minimum atomic E-state index is 0.545. The molecule has 0 fully saturated rings. The molecular formula is C27H56N3+. The van der Waals surface area contributed by atoms with Crippen molar-refractivity contribution in [2.45, 2.75) is 148 Å². The van der Waals surface area contributed by atoms with Gasteiger partial charge in [-0.1, -0.05) is 129 Å². The van der Waals surface area contributed by atoms with Crippen molar-refractivity contribution in [2.75, 3.05) is 19.6 Å². The van der Waals surface area contributed by atoms with Gasteiger partial charge >= 0.3 is 0 Å². The van der Waals surface area contributed by atoms with Crippen LogP contribution in [0.5, 0.6) is 0 Å². The number of hydrogen-bond donors (Lipinski definition) is 2. The molecule has 0 saturated carbocycles. The first kappa shape index (κ1) is 27.6. The molecule has 0 aliphatic carbocycles. The SMILES string of the molecule is CCCCCCCCCCCCCCCCCCCCCCC1NCC=[N+]1CCN. The normalized spacial score (nSPS) is 16.3. The molecule has 0 bridgehead atoms. The molecule has 0 radical (unpaired) electrons. The van der Waals surface area contributed by atoms with E-state index in [1.807, 2.05) is 0 Å². The van der Waals surface area contributed by atoms with E-state index in [2.05, 4.69) is 23.0 Å². The van der Waals surface area contributed by atoms with Crippen LogP contribution in [0, 0.1) is 0 Å². The monoisotopic (exact) mass is 422 g/mol. The summed E-state index contributed by atoms with van der Waals surface area (Å²) in [4.78, 5) is 0. The van der Waals surface area contributed by atoms with E-state index in [0.29, 0.717) is 6.17 Å². The van der Waals surface area contributed by atoms with Crippen LogP contribution in [0.3, 0.4) is 0 Å². The van der Waals surface area contributed by atoms with Crippen molar-refractivity contribution in [3.05, 3.63) is 0 Å². The van der Waals surface area contributed by atoms with Gasteiger partial charge in [0.15, 0.2) is 12.8 Å². The zero-order valence-corrected chi connectivity index (χ0v) is 20.6. The van der Waals surface area contributed by atoms with E-state index >= 15 is 0 Å². The standard InChI is InChI=1S/C27H56N3/c1-2-3-4-5-6-7-8-9-10-11-12-13-14-15-16-17-18-19-20-21-22-27-29-24-26-30(27)25-23-28/h26-27,29H,2-25,28H2,1H3/q+1. The predicted octanol–water partition coefficient (Wildman–Crippen LogP) is 7.17. The average Bonchev–Trinajstić information content (AvgIpc) is 3.19. The molecule has 0 saturated heterocycles. The minimum Gasteiger partial charge on any atom is -0.325 e. The topological polar surface area (TPSA) is 41.1 Å². The Balaban J connectivity index is 1.70. The van der Waals surface area contributed by atoms with Crippen LogP contribution < -0.4 is 11.1 Å². The van der Waals surface area contributed by atoms with Gasteiger partial charge in [0, 0.05) is 6.42 Å². The predicted molar refractivity (Wildman–Crippen MR) is 135 cm³/mol. The second-order valence-corrected chi connectivity index (χ2v) is 9.64. The van der Waals surface area contributed by atoms with Crippen molar-refractivity contribution >= 4 is 6.21 Å². The average molecular weight is 423 g/mol. The highest BCUT2D eigenvalue weighted by molar-refractivity contribution is 5.55. The summed E-state index contributed by atoms with van der Waals surface area (Å²) in [6.07, 6.45) is 33.1. The molecule has 0 aromatic heterocycles. The van der Waals surface area contributed by atoms with Gasteiger partial charge in [-0.15, -0.1) is 0 Å². The van der Waals surface area contributed by atoms with Gasteiger partial charge in [-0.2, -0.15) is 0 Å². The zero-order chi connectivity index (χ0) is 21.5. The van der Waals surface area contributed by atoms with E-state index in [0.717, 1.165) is 19.6 Å². The summed E-state index contributed by atoms with van der Waals surface area (Å²) in [5.41, 5.74) is 5.69. The highest BCUT2D eigenvalue weighted by Gasteiger charge is 2.23. The zero-order valence-electron chi connectivity index (χ0n) is 20.6. The lowest BCUT2D eigenvalue weighted by atomic mass is 10.0. The van der Waals surface area contributed by atoms with E-state index < -0.39 is 0 Å². The fraction of sp³-hybridized carbons (Fsp3) is 0.963. The van der Waals surface area contributed by atoms with Gasteiger partial charge in [0.05, 0.1) is 13.1 Å². The Hall–Kier alpha value is -0.410. The van der Waals surface area contributed by atoms with Gasteiger partial charge in [0.1, 0.15) is 0 Å². The Morgan fingerprint density at radius 1 is 0.667 bits per heavy atom. The second-order valence-electron chi connectivity index (χ2n) is 9.64. The van der Waals surface area contributed by atoms with Gasteiger partial charge in [-0.25, -0.2) is 9.89 Å². The first-order chi connectivity index (χ1) is 14.9. The molecule has 3 N–H and O–H groups in total. The van der Waals surface area contributed by atoms with E-state index in [-0.39, 0.29) is 0 Å². The largest absolute Gasteiger partial charge is 0.325 e. The second kappa shape index (κ2) is 21.8. The molecule has 1 atom stereocenters. The summed E-state index contributed by atoms with van der Waals surface area (Å²) in [5, 5.41) is 3.57. The summed E-state index contributed by atoms with van der Waals surface area (Å²) < 4.78 is 2.40. The molecule has 178 valence electrons. The number of hydrogen-bond acceptors (Lipinski definition) is 2. The van der Waals surface area contributed by atoms with Crippen molar-refractivity contribution in [2.24, 2.45) is 5.73 Å². The molecule has 0 aromatic carbocycles. The van der Waals surface area contributed by atoms with Crippen molar-refractivity contribution in [3.8, 4) is 0 Å². The van der Waals surface area contributed by atoms with Crippen LogP contribution in [0.25, 0.3) is 0 Å². The lowest BCUT2D eigenvalue weighted by molar-refractivity contribution is -0.557. The molecule has 1 unspecified atom stereocenters. The molecule has 30 heavy (non-hydrogen) atoms. The van der Waals surface area contributed by atoms with E-state index in [1.165, 1.54) is 135 Å². The van der Waals surface area contributed by atoms with Crippen molar-refractivity contribution in [3.63, 3.8) is 0 Å². The number of nitrogens with one attached hydrogen (secondary N) is 1. The maximum Gasteiger partial charge on any atom is 0.206 e. The fourth-order valence-corrected chi connectivity index (χ4v) is 4.81. The summed E-state index contributed by atoms with van der Waals surface area (Å²) in [6.45, 7) is 5.07. The molecule has 0 amide bonds. The molecule has 3 nitrogen and oxygen atoms in total. The van der Waals surface area contributed by atoms with Crippen molar-refractivity contribution < 1.29 is 4.58 Å². The van der Waals surface area contributed by atoms with Crippen LogP contribution in [0.2, 0.25) is 0 Å². The molecule has 0 spiro atoms. The first-order valence-corrected chi connectivity index (χ1v) is 13.9. The Morgan fingerprint density at radius 2 is 1.07 bits per heavy atom. The quantitative estimate of drug-likeness (QED) is 0.135. The highest BCUT2D eigenvalue weighted by atomic mass is 15.2. The lowest BCUT2D eigenvalue weighted by Crippen LogP contribution is -2.35. The molecule has 1 rings (SSSR count). The Kier molecular flexibility index (Phi) is 20.1. The summed E-state index contributed by atoms with van der Waals surface area (Å²) >= 11 is 0. The number of rotatable bonds is 23. The molecular weight excluding hydrogens is 366 g/mol. The van der Waals surface area contributed by atoms with Crippen molar-refractivity contribution in [1.82, 2.24) is 5.32 Å². The van der Waals surface area contributed by atoms with Gasteiger partial charge in [0.2, 0.25) is 6.17 Å². The Labute approximate surface area is 189 Å². The maximum atomic E-state index is 5.69. The molecule has 0 aromatic rings. The van der Waals surface area contributed by atoms with Crippen LogP contribution in [0.1, 0.15) is 142 Å². The Morgan fingerprint density at radius 3 is 1.47 bits per heavy atom. The summed E-state index contributed by atoms with van der Waals surface area (Å²) in [7, 11) is 0. The van der Waals surface area contributed by atoms with Crippen LogP contribution in [0.15, 0.2) is 0 Å². The first-order valence-electron chi connectivity index (χ1n) is 13.9. The van der Waals surface area contributed by atoms with E-state index in [4.69, 9.17) is 5.73 Å². The van der Waals surface area contributed by atoms with Gasteiger partial charge in [-0.05, 0) is 6.42 Å². The van der Waals surface area contributed by atoms with Gasteiger partial charge in [0.25, 0.3) is 0 Å². The molecule has 3 heteroatoms. The van der Waals surface area contributed by atoms with E-state index in [9.17, 15) is 0 Å². The molecule has 1 aliphatic heterocycles. The third-order valence-electron chi connectivity index (χ3n) is 6.80.